The Morgan fingerprint density at radius 1 is 1.32 bits per heavy atom. The molecule has 1 saturated heterocycles. The molecule has 150 valence electrons. The van der Waals surface area contributed by atoms with Crippen LogP contribution in [-0.2, 0) is 13.6 Å². The van der Waals surface area contributed by atoms with E-state index in [1.807, 2.05) is 48.7 Å². The Hall–Kier alpha value is -2.34. The summed E-state index contributed by atoms with van der Waals surface area (Å²) in [4.78, 5) is 19.7. The van der Waals surface area contributed by atoms with Crippen LogP contribution in [0.25, 0.3) is 0 Å². The molecule has 1 N–H and O–H groups in total. The smallest absolute Gasteiger partial charge is 0.274 e. The zero-order chi connectivity index (χ0) is 19.7. The van der Waals surface area contributed by atoms with Crippen LogP contribution in [0.5, 0.6) is 5.75 Å². The van der Waals surface area contributed by atoms with Crippen molar-refractivity contribution in [1.29, 1.82) is 0 Å². The topological polar surface area (TPSA) is 59.4 Å². The molecule has 2 fully saturated rings. The third kappa shape index (κ3) is 4.07. The van der Waals surface area contributed by atoms with E-state index in [1.54, 1.807) is 6.33 Å². The molecule has 2 aliphatic rings. The molecule has 28 heavy (non-hydrogen) atoms. The van der Waals surface area contributed by atoms with E-state index in [0.29, 0.717) is 24.1 Å². The highest BCUT2D eigenvalue weighted by atomic mass is 16.5. The molecule has 2 aromatic rings. The molecule has 6 heteroatoms. The summed E-state index contributed by atoms with van der Waals surface area (Å²) in [5, 5.41) is 3.49. The summed E-state index contributed by atoms with van der Waals surface area (Å²) < 4.78 is 7.67. The van der Waals surface area contributed by atoms with Crippen molar-refractivity contribution in [2.75, 3.05) is 13.1 Å². The van der Waals surface area contributed by atoms with Crippen molar-refractivity contribution < 1.29 is 9.53 Å². The van der Waals surface area contributed by atoms with Gasteiger partial charge in [0.25, 0.3) is 5.91 Å². The molecule has 4 rings (SSSR count). The van der Waals surface area contributed by atoms with Crippen molar-refractivity contribution in [2.24, 2.45) is 18.9 Å². The molecule has 3 atom stereocenters. The van der Waals surface area contributed by atoms with E-state index >= 15 is 0 Å². The molecule has 0 radical (unpaired) electrons. The second-order valence-corrected chi connectivity index (χ2v) is 8.48. The van der Waals surface area contributed by atoms with Crippen LogP contribution in [0.1, 0.15) is 42.7 Å². The Kier molecular flexibility index (Phi) is 5.40. The molecule has 1 aliphatic carbocycles. The molecule has 2 heterocycles. The monoisotopic (exact) mass is 382 g/mol. The second kappa shape index (κ2) is 7.95. The number of fused-ring (bicyclic) bond motifs is 1. The van der Waals surface area contributed by atoms with Crippen molar-refractivity contribution in [3.05, 3.63) is 48.0 Å². The Labute approximate surface area is 166 Å². The van der Waals surface area contributed by atoms with Crippen LogP contribution >= 0.6 is 0 Å². The van der Waals surface area contributed by atoms with Crippen LogP contribution in [0.4, 0.5) is 0 Å². The van der Waals surface area contributed by atoms with Crippen molar-refractivity contribution in [3.63, 3.8) is 0 Å². The lowest BCUT2D eigenvalue weighted by atomic mass is 10.0. The van der Waals surface area contributed by atoms with E-state index in [0.717, 1.165) is 37.2 Å². The highest BCUT2D eigenvalue weighted by molar-refractivity contribution is 5.92. The van der Waals surface area contributed by atoms with Gasteiger partial charge in [0.05, 0.1) is 12.4 Å². The van der Waals surface area contributed by atoms with Gasteiger partial charge in [0.2, 0.25) is 0 Å². The highest BCUT2D eigenvalue weighted by Crippen LogP contribution is 2.38. The predicted octanol–water partition coefficient (Wildman–Crippen LogP) is 2.85. The largest absolute Gasteiger partial charge is 0.491 e. The number of nitrogens with one attached hydrogen (secondary N) is 1. The minimum Gasteiger partial charge on any atom is -0.491 e. The van der Waals surface area contributed by atoms with E-state index in [1.165, 1.54) is 0 Å². The SMILES string of the molecule is CC(C)Oc1cccc(CN(C(=O)c2cn(C)cn2)C2C[C@H]3CNC[C@H]3C2)c1. The quantitative estimate of drug-likeness (QED) is 0.835. The first-order chi connectivity index (χ1) is 13.5. The number of imidazole rings is 1. The van der Waals surface area contributed by atoms with Crippen molar-refractivity contribution in [3.8, 4) is 5.75 Å². The van der Waals surface area contributed by atoms with Crippen molar-refractivity contribution >= 4 is 5.91 Å². The number of hydrogen-bond acceptors (Lipinski definition) is 4. The summed E-state index contributed by atoms with van der Waals surface area (Å²) in [6, 6.07) is 8.37. The third-order valence-electron chi connectivity index (χ3n) is 5.88. The number of rotatable bonds is 6. The van der Waals surface area contributed by atoms with Crippen LogP contribution in [-0.4, -0.2) is 45.6 Å². The summed E-state index contributed by atoms with van der Waals surface area (Å²) in [7, 11) is 1.90. The number of carbonyl (C=O) groups is 1. The van der Waals surface area contributed by atoms with E-state index < -0.39 is 0 Å². The molecule has 6 nitrogen and oxygen atoms in total. The minimum absolute atomic E-state index is 0.0220. The van der Waals surface area contributed by atoms with Crippen molar-refractivity contribution in [1.82, 2.24) is 19.8 Å². The predicted molar refractivity (Wildman–Crippen MR) is 108 cm³/mol. The van der Waals surface area contributed by atoms with E-state index in [2.05, 4.69) is 22.4 Å². The molecule has 1 unspecified atom stereocenters. The number of nitrogens with zero attached hydrogens (tertiary/aromatic N) is 3. The molecular formula is C22H30N4O2. The van der Waals surface area contributed by atoms with Crippen molar-refractivity contribution in [2.45, 2.75) is 45.4 Å². The van der Waals surface area contributed by atoms with Gasteiger partial charge in [-0.1, -0.05) is 12.1 Å². The molecule has 1 aromatic heterocycles. The van der Waals surface area contributed by atoms with E-state index in [4.69, 9.17) is 4.74 Å². The number of amides is 1. The fourth-order valence-electron chi connectivity index (χ4n) is 4.61. The highest BCUT2D eigenvalue weighted by Gasteiger charge is 2.41. The Morgan fingerprint density at radius 3 is 2.71 bits per heavy atom. The molecule has 1 aliphatic heterocycles. The number of benzene rings is 1. The summed E-state index contributed by atoms with van der Waals surface area (Å²) in [5.41, 5.74) is 1.62. The zero-order valence-electron chi connectivity index (χ0n) is 17.0. The Balaban J connectivity index is 1.57. The van der Waals surface area contributed by atoms with E-state index in [9.17, 15) is 4.79 Å². The first kappa shape index (κ1) is 19.0. The average molecular weight is 383 g/mol. The number of hydrogen-bond donors (Lipinski definition) is 1. The van der Waals surface area contributed by atoms with Crippen LogP contribution in [0.15, 0.2) is 36.8 Å². The van der Waals surface area contributed by atoms with Gasteiger partial charge in [0.15, 0.2) is 0 Å². The van der Waals surface area contributed by atoms with Gasteiger partial charge in [0, 0.05) is 25.8 Å². The molecule has 0 bridgehead atoms. The first-order valence-corrected chi connectivity index (χ1v) is 10.2. The van der Waals surface area contributed by atoms with Gasteiger partial charge in [-0.3, -0.25) is 4.79 Å². The summed E-state index contributed by atoms with van der Waals surface area (Å²) in [5.74, 6) is 2.23. The van der Waals surface area contributed by atoms with Gasteiger partial charge in [-0.25, -0.2) is 4.98 Å². The van der Waals surface area contributed by atoms with Crippen LogP contribution in [0, 0.1) is 11.8 Å². The maximum Gasteiger partial charge on any atom is 0.274 e. The lowest BCUT2D eigenvalue weighted by Gasteiger charge is -2.29. The van der Waals surface area contributed by atoms with Crippen LogP contribution < -0.4 is 10.1 Å². The fraction of sp³-hybridized carbons (Fsp3) is 0.545. The van der Waals surface area contributed by atoms with Gasteiger partial charge >= 0.3 is 0 Å². The van der Waals surface area contributed by atoms with Gasteiger partial charge in [0.1, 0.15) is 11.4 Å². The van der Waals surface area contributed by atoms with Gasteiger partial charge in [-0.05, 0) is 69.3 Å². The Bertz CT molecular complexity index is 819. The molecule has 1 amide bonds. The maximum absolute atomic E-state index is 13.3. The minimum atomic E-state index is 0.0220. The molecule has 1 saturated carbocycles. The summed E-state index contributed by atoms with van der Waals surface area (Å²) >= 11 is 0. The average Bonchev–Trinajstić information content (AvgIpc) is 3.35. The molecule has 0 spiro atoms. The van der Waals surface area contributed by atoms with Gasteiger partial charge < -0.3 is 19.5 Å². The number of aryl methyl sites for hydroxylation is 1. The van der Waals surface area contributed by atoms with Crippen LogP contribution in [0.2, 0.25) is 0 Å². The van der Waals surface area contributed by atoms with Gasteiger partial charge in [-0.2, -0.15) is 0 Å². The van der Waals surface area contributed by atoms with Gasteiger partial charge in [-0.15, -0.1) is 0 Å². The normalized spacial score (nSPS) is 23.8. The lowest BCUT2D eigenvalue weighted by molar-refractivity contribution is 0.0650. The second-order valence-electron chi connectivity index (χ2n) is 8.48. The maximum atomic E-state index is 13.3. The number of ether oxygens (including phenoxy) is 1. The van der Waals surface area contributed by atoms with Crippen LogP contribution in [0.3, 0.4) is 0 Å². The third-order valence-corrected chi connectivity index (χ3v) is 5.88. The number of aromatic nitrogens is 2. The summed E-state index contributed by atoms with van der Waals surface area (Å²) in [6.07, 6.45) is 5.76. The lowest BCUT2D eigenvalue weighted by Crippen LogP contribution is -2.39. The number of carbonyl (C=O) groups excluding carboxylic acids is 1. The standard InChI is InChI=1S/C22H30N4O2/c1-15(2)28-20-6-4-5-16(7-20)12-26(22(27)21-13-25(3)14-24-21)19-8-17-10-23-11-18(17)9-19/h4-7,13-15,17-19,23H,8-12H2,1-3H3/t17-,18+,19?. The molecule has 1 aromatic carbocycles. The summed E-state index contributed by atoms with van der Waals surface area (Å²) in [6.45, 7) is 6.78. The first-order valence-electron chi connectivity index (χ1n) is 10.2. The fourth-order valence-corrected chi connectivity index (χ4v) is 4.61. The Morgan fingerprint density at radius 2 is 2.07 bits per heavy atom. The van der Waals surface area contributed by atoms with E-state index in [-0.39, 0.29) is 18.1 Å². The molecular weight excluding hydrogens is 352 g/mol. The zero-order valence-corrected chi connectivity index (χ0v) is 17.0.